The van der Waals surface area contributed by atoms with Crippen molar-refractivity contribution in [3.05, 3.63) is 46.2 Å². The van der Waals surface area contributed by atoms with Gasteiger partial charge >= 0.3 is 0 Å². The summed E-state index contributed by atoms with van der Waals surface area (Å²) in [7, 11) is 0. The molecule has 0 radical (unpaired) electrons. The molecule has 0 spiro atoms. The summed E-state index contributed by atoms with van der Waals surface area (Å²) in [6.45, 7) is 4.75. The van der Waals surface area contributed by atoms with Gasteiger partial charge in [-0.15, -0.1) is 11.6 Å². The molecule has 2 aromatic rings. The number of alkyl halides is 1. The van der Waals surface area contributed by atoms with Crippen LogP contribution in [0, 0.1) is 0 Å². The predicted octanol–water partition coefficient (Wildman–Crippen LogP) is 4.93. The minimum absolute atomic E-state index is 0.412. The van der Waals surface area contributed by atoms with Crippen molar-refractivity contribution in [3.8, 4) is 5.75 Å². The van der Waals surface area contributed by atoms with Crippen LogP contribution in [0.15, 0.2) is 34.9 Å². The molecule has 0 bridgehead atoms. The van der Waals surface area contributed by atoms with E-state index in [1.165, 1.54) is 0 Å². The van der Waals surface area contributed by atoms with Gasteiger partial charge < -0.3 is 4.74 Å². The highest BCUT2D eigenvalue weighted by molar-refractivity contribution is 9.10. The fraction of sp³-hybridized carbons (Fsp3) is 0.400. The number of hydrogen-bond acceptors (Lipinski definition) is 2. The van der Waals surface area contributed by atoms with Crippen LogP contribution in [0.5, 0.6) is 5.75 Å². The largest absolute Gasteiger partial charge is 0.487 e. The molecule has 0 aliphatic carbocycles. The van der Waals surface area contributed by atoms with Gasteiger partial charge in [-0.05, 0) is 37.6 Å². The van der Waals surface area contributed by atoms with E-state index in [1.54, 1.807) is 0 Å². The smallest absolute Gasteiger partial charge is 0.132 e. The fourth-order valence-corrected chi connectivity index (χ4v) is 2.45. The van der Waals surface area contributed by atoms with Gasteiger partial charge in [0.2, 0.25) is 0 Å². The van der Waals surface area contributed by atoms with Crippen LogP contribution in [-0.2, 0) is 12.5 Å². The molecule has 0 N–H and O–H groups in total. The fourth-order valence-electron chi connectivity index (χ4n) is 1.83. The molecule has 0 fully saturated rings. The zero-order valence-corrected chi connectivity index (χ0v) is 14.0. The third kappa shape index (κ3) is 3.76. The third-order valence-corrected chi connectivity index (χ3v) is 4.03. The van der Waals surface area contributed by atoms with Gasteiger partial charge in [0, 0.05) is 22.3 Å². The molecule has 1 aromatic heterocycles. The van der Waals surface area contributed by atoms with E-state index in [0.717, 1.165) is 27.9 Å². The lowest BCUT2D eigenvalue weighted by Gasteiger charge is -2.10. The normalized spacial score (nSPS) is 12.4. The van der Waals surface area contributed by atoms with E-state index in [2.05, 4.69) is 34.9 Å². The molecule has 5 heteroatoms. The molecule has 0 aliphatic rings. The van der Waals surface area contributed by atoms with Crippen molar-refractivity contribution in [2.45, 2.75) is 38.8 Å². The van der Waals surface area contributed by atoms with Gasteiger partial charge in [-0.25, -0.2) is 0 Å². The molecule has 0 saturated carbocycles. The second-order valence-corrected chi connectivity index (χ2v) is 5.90. The first-order valence-electron chi connectivity index (χ1n) is 6.65. The minimum atomic E-state index is 0.412. The van der Waals surface area contributed by atoms with Gasteiger partial charge in [-0.2, -0.15) is 5.10 Å². The van der Waals surface area contributed by atoms with Crippen molar-refractivity contribution in [3.63, 3.8) is 0 Å². The summed E-state index contributed by atoms with van der Waals surface area (Å²) in [6, 6.07) is 8.25. The molecule has 1 aromatic carbocycles. The van der Waals surface area contributed by atoms with Crippen molar-refractivity contribution >= 4 is 27.5 Å². The molecular formula is C15H18BrClN2O. The standard InChI is InChI=1S/C15H18BrClN2O/c1-3-11(2)19-7-6-14(18-19)10-20-15-5-4-13(16)8-12(15)9-17/h4-8,11H,3,9-10H2,1-2H3. The Balaban J connectivity index is 2.03. The Kier molecular flexibility index (Phi) is 5.49. The van der Waals surface area contributed by atoms with Crippen LogP contribution in [-0.4, -0.2) is 9.78 Å². The summed E-state index contributed by atoms with van der Waals surface area (Å²) in [6.07, 6.45) is 3.06. The summed E-state index contributed by atoms with van der Waals surface area (Å²) in [4.78, 5) is 0. The van der Waals surface area contributed by atoms with Gasteiger partial charge in [0.1, 0.15) is 12.4 Å². The van der Waals surface area contributed by atoms with Gasteiger partial charge in [0.05, 0.1) is 11.6 Å². The number of halogens is 2. The van der Waals surface area contributed by atoms with Crippen molar-refractivity contribution in [2.75, 3.05) is 0 Å². The number of benzene rings is 1. The first-order valence-corrected chi connectivity index (χ1v) is 7.98. The van der Waals surface area contributed by atoms with Crippen LogP contribution in [0.1, 0.15) is 37.6 Å². The molecule has 2 rings (SSSR count). The lowest BCUT2D eigenvalue weighted by molar-refractivity contribution is 0.296. The van der Waals surface area contributed by atoms with E-state index >= 15 is 0 Å². The number of hydrogen-bond donors (Lipinski definition) is 0. The molecule has 1 atom stereocenters. The number of nitrogens with zero attached hydrogens (tertiary/aromatic N) is 2. The van der Waals surface area contributed by atoms with Crippen molar-refractivity contribution in [1.82, 2.24) is 9.78 Å². The highest BCUT2D eigenvalue weighted by Crippen LogP contribution is 2.25. The Hall–Kier alpha value is -1.00. The quantitative estimate of drug-likeness (QED) is 0.685. The zero-order chi connectivity index (χ0) is 14.5. The Morgan fingerprint density at radius 3 is 2.90 bits per heavy atom. The summed E-state index contributed by atoms with van der Waals surface area (Å²) in [5, 5.41) is 4.52. The Morgan fingerprint density at radius 1 is 1.40 bits per heavy atom. The van der Waals surface area contributed by atoms with Gasteiger partial charge in [0.25, 0.3) is 0 Å². The monoisotopic (exact) mass is 356 g/mol. The number of rotatable bonds is 6. The van der Waals surface area contributed by atoms with Crippen molar-refractivity contribution in [1.29, 1.82) is 0 Å². The highest BCUT2D eigenvalue weighted by Gasteiger charge is 2.07. The first-order chi connectivity index (χ1) is 9.63. The van der Waals surface area contributed by atoms with E-state index < -0.39 is 0 Å². The lowest BCUT2D eigenvalue weighted by Crippen LogP contribution is -2.06. The van der Waals surface area contributed by atoms with Crippen molar-refractivity contribution in [2.24, 2.45) is 0 Å². The maximum absolute atomic E-state index is 5.93. The summed E-state index contributed by atoms with van der Waals surface area (Å²) < 4.78 is 8.79. The third-order valence-electron chi connectivity index (χ3n) is 3.25. The predicted molar refractivity (Wildman–Crippen MR) is 85.3 cm³/mol. The highest BCUT2D eigenvalue weighted by atomic mass is 79.9. The van der Waals surface area contributed by atoms with Crippen LogP contribution < -0.4 is 4.74 Å². The molecule has 0 saturated heterocycles. The van der Waals surface area contributed by atoms with Gasteiger partial charge in [0.15, 0.2) is 0 Å². The van der Waals surface area contributed by atoms with Crippen LogP contribution in [0.25, 0.3) is 0 Å². The SMILES string of the molecule is CCC(C)n1ccc(COc2ccc(Br)cc2CCl)n1. The Labute approximate surface area is 133 Å². The van der Waals surface area contributed by atoms with E-state index in [-0.39, 0.29) is 0 Å². The molecule has 20 heavy (non-hydrogen) atoms. The second kappa shape index (κ2) is 7.14. The van der Waals surface area contributed by atoms with Crippen LogP contribution >= 0.6 is 27.5 Å². The molecule has 3 nitrogen and oxygen atoms in total. The maximum Gasteiger partial charge on any atom is 0.132 e. The molecule has 0 amide bonds. The van der Waals surface area contributed by atoms with Crippen molar-refractivity contribution < 1.29 is 4.74 Å². The summed E-state index contributed by atoms with van der Waals surface area (Å²) in [5.74, 6) is 1.23. The number of ether oxygens (including phenoxy) is 1. The van der Waals surface area contributed by atoms with Gasteiger partial charge in [-0.1, -0.05) is 22.9 Å². The Bertz CT molecular complexity index is 571. The van der Waals surface area contributed by atoms with Crippen LogP contribution in [0.2, 0.25) is 0 Å². The Morgan fingerprint density at radius 2 is 2.20 bits per heavy atom. The average molecular weight is 358 g/mol. The molecular weight excluding hydrogens is 340 g/mol. The molecule has 1 unspecified atom stereocenters. The van der Waals surface area contributed by atoms with E-state index in [1.807, 2.05) is 35.1 Å². The zero-order valence-electron chi connectivity index (χ0n) is 11.6. The number of aromatic nitrogens is 2. The molecule has 1 heterocycles. The molecule has 108 valence electrons. The average Bonchev–Trinajstić information content (AvgIpc) is 2.93. The second-order valence-electron chi connectivity index (χ2n) is 4.72. The minimum Gasteiger partial charge on any atom is -0.487 e. The topological polar surface area (TPSA) is 27.1 Å². The molecule has 0 aliphatic heterocycles. The van der Waals surface area contributed by atoms with Crippen LogP contribution in [0.3, 0.4) is 0 Å². The first kappa shape index (κ1) is 15.4. The summed E-state index contributed by atoms with van der Waals surface area (Å²) >= 11 is 9.36. The van der Waals surface area contributed by atoms with E-state index in [4.69, 9.17) is 16.3 Å². The summed E-state index contributed by atoms with van der Waals surface area (Å²) in [5.41, 5.74) is 1.90. The lowest BCUT2D eigenvalue weighted by atomic mass is 10.2. The van der Waals surface area contributed by atoms with E-state index in [9.17, 15) is 0 Å². The van der Waals surface area contributed by atoms with E-state index in [0.29, 0.717) is 18.5 Å². The van der Waals surface area contributed by atoms with Crippen LogP contribution in [0.4, 0.5) is 0 Å². The van der Waals surface area contributed by atoms with Gasteiger partial charge in [-0.3, -0.25) is 4.68 Å². The maximum atomic E-state index is 5.93.